The van der Waals surface area contributed by atoms with Crippen LogP contribution in [0.1, 0.15) is 30.0 Å². The van der Waals surface area contributed by atoms with Crippen molar-refractivity contribution in [3.05, 3.63) is 51.6 Å². The second-order valence-corrected chi connectivity index (χ2v) is 8.45. The number of carboxylic acid groups (broad SMARTS) is 1. The summed E-state index contributed by atoms with van der Waals surface area (Å²) in [5, 5.41) is 8.55. The fourth-order valence-electron chi connectivity index (χ4n) is 2.63. The van der Waals surface area contributed by atoms with Crippen LogP contribution in [0, 0.1) is 5.92 Å². The molecule has 0 unspecified atom stereocenters. The van der Waals surface area contributed by atoms with E-state index in [4.69, 9.17) is 25.9 Å². The van der Waals surface area contributed by atoms with E-state index in [0.717, 1.165) is 4.90 Å². The molecule has 1 N–H and O–H groups in total. The Morgan fingerprint density at radius 2 is 2.00 bits per heavy atom. The quantitative estimate of drug-likeness (QED) is 0.470. The number of rotatable bonds is 7. The number of halogens is 1. The molecule has 1 aliphatic rings. The first-order valence-electron chi connectivity index (χ1n) is 9.19. The van der Waals surface area contributed by atoms with Crippen molar-refractivity contribution in [3.8, 4) is 11.3 Å². The van der Waals surface area contributed by atoms with Crippen molar-refractivity contribution in [3.63, 3.8) is 0 Å². The van der Waals surface area contributed by atoms with Crippen molar-refractivity contribution in [2.45, 2.75) is 13.8 Å². The minimum atomic E-state index is -1.14. The van der Waals surface area contributed by atoms with Crippen LogP contribution in [0.25, 0.3) is 17.4 Å². The fourth-order valence-corrected chi connectivity index (χ4v) is 3.71. The van der Waals surface area contributed by atoms with Gasteiger partial charge in [-0.05, 0) is 41.9 Å². The summed E-state index contributed by atoms with van der Waals surface area (Å²) in [6, 6.07) is 7.61. The van der Waals surface area contributed by atoms with Crippen LogP contribution in [-0.4, -0.2) is 46.2 Å². The molecule has 2 aromatic rings. The number of thioether (sulfide) groups is 1. The number of amides is 2. The van der Waals surface area contributed by atoms with Gasteiger partial charge in [-0.3, -0.25) is 19.3 Å². The molecule has 0 spiro atoms. The predicted octanol–water partition coefficient (Wildman–Crippen LogP) is 4.53. The van der Waals surface area contributed by atoms with Crippen LogP contribution in [0.3, 0.4) is 0 Å². The molecule has 2 amide bonds. The molecule has 0 atom stereocenters. The monoisotopic (exact) mass is 463 g/mol. The molecule has 1 aromatic carbocycles. The van der Waals surface area contributed by atoms with Crippen LogP contribution in [0.4, 0.5) is 4.79 Å². The van der Waals surface area contributed by atoms with Crippen LogP contribution >= 0.6 is 23.4 Å². The first-order valence-corrected chi connectivity index (χ1v) is 10.4. The molecule has 3 rings (SSSR count). The topological polar surface area (TPSA) is 114 Å². The lowest BCUT2D eigenvalue weighted by molar-refractivity contribution is -0.147. The zero-order valence-electron chi connectivity index (χ0n) is 16.6. The number of aromatic carboxylic acids is 1. The molecular formula is C21H18ClNO7S. The van der Waals surface area contributed by atoms with Crippen molar-refractivity contribution in [1.82, 2.24) is 4.90 Å². The van der Waals surface area contributed by atoms with Crippen LogP contribution in [-0.2, 0) is 14.3 Å². The Balaban J connectivity index is 1.73. The summed E-state index contributed by atoms with van der Waals surface area (Å²) in [4.78, 5) is 48.5. The van der Waals surface area contributed by atoms with E-state index in [2.05, 4.69) is 0 Å². The number of furan rings is 1. The number of benzene rings is 1. The highest BCUT2D eigenvalue weighted by Gasteiger charge is 2.37. The van der Waals surface area contributed by atoms with Gasteiger partial charge in [0.2, 0.25) is 0 Å². The molecule has 1 aromatic heterocycles. The van der Waals surface area contributed by atoms with Gasteiger partial charge in [0, 0.05) is 11.6 Å². The summed E-state index contributed by atoms with van der Waals surface area (Å²) < 4.78 is 10.7. The van der Waals surface area contributed by atoms with Gasteiger partial charge in [0.1, 0.15) is 18.1 Å². The van der Waals surface area contributed by atoms with Gasteiger partial charge in [-0.25, -0.2) is 4.79 Å². The number of hydrogen-bond acceptors (Lipinski definition) is 7. The summed E-state index contributed by atoms with van der Waals surface area (Å²) in [6.45, 7) is 3.51. The lowest BCUT2D eigenvalue weighted by Gasteiger charge is -2.12. The first-order chi connectivity index (χ1) is 14.7. The first kappa shape index (κ1) is 22.6. The molecule has 0 aliphatic carbocycles. The molecule has 1 fully saturated rings. The molecule has 0 saturated carbocycles. The van der Waals surface area contributed by atoms with E-state index in [1.807, 2.05) is 13.8 Å². The number of carbonyl (C=O) groups excluding carboxylic acids is 3. The van der Waals surface area contributed by atoms with Crippen molar-refractivity contribution in [2.24, 2.45) is 5.92 Å². The molecule has 162 valence electrons. The number of carbonyl (C=O) groups is 4. The largest absolute Gasteiger partial charge is 0.478 e. The molecule has 0 bridgehead atoms. The van der Waals surface area contributed by atoms with Gasteiger partial charge in [0.25, 0.3) is 11.1 Å². The van der Waals surface area contributed by atoms with E-state index in [9.17, 15) is 19.2 Å². The minimum absolute atomic E-state index is 0.0298. The highest BCUT2D eigenvalue weighted by atomic mass is 35.5. The highest BCUT2D eigenvalue weighted by Crippen LogP contribution is 2.34. The van der Waals surface area contributed by atoms with Gasteiger partial charge in [0.05, 0.1) is 22.1 Å². The van der Waals surface area contributed by atoms with E-state index in [1.54, 1.807) is 18.2 Å². The summed E-state index contributed by atoms with van der Waals surface area (Å²) in [6.07, 6.45) is 1.40. The van der Waals surface area contributed by atoms with Crippen molar-refractivity contribution >= 4 is 52.5 Å². The number of imide groups is 1. The molecule has 0 radical (unpaired) electrons. The third-order valence-electron chi connectivity index (χ3n) is 4.12. The fraction of sp³-hybridized carbons (Fsp3) is 0.238. The molecule has 1 aliphatic heterocycles. The lowest BCUT2D eigenvalue weighted by Crippen LogP contribution is -2.34. The molecule has 8 nitrogen and oxygen atoms in total. The number of ether oxygens (including phenoxy) is 1. The Morgan fingerprint density at radius 3 is 2.65 bits per heavy atom. The zero-order chi connectivity index (χ0) is 22.7. The smallest absolute Gasteiger partial charge is 0.337 e. The average molecular weight is 464 g/mol. The summed E-state index contributed by atoms with van der Waals surface area (Å²) in [5.41, 5.74) is 0.522. The Bertz CT molecular complexity index is 1090. The van der Waals surface area contributed by atoms with E-state index >= 15 is 0 Å². The Kier molecular flexibility index (Phi) is 6.87. The predicted molar refractivity (Wildman–Crippen MR) is 115 cm³/mol. The summed E-state index contributed by atoms with van der Waals surface area (Å²) in [7, 11) is 0. The Morgan fingerprint density at radius 1 is 1.26 bits per heavy atom. The maximum atomic E-state index is 12.5. The van der Waals surface area contributed by atoms with Gasteiger partial charge < -0.3 is 14.3 Å². The third-order valence-corrected chi connectivity index (χ3v) is 5.34. The van der Waals surface area contributed by atoms with Crippen LogP contribution in [0.2, 0.25) is 5.02 Å². The van der Waals surface area contributed by atoms with Crippen LogP contribution in [0.15, 0.2) is 39.7 Å². The molecule has 2 heterocycles. The minimum Gasteiger partial charge on any atom is -0.478 e. The third kappa shape index (κ3) is 5.36. The van der Waals surface area contributed by atoms with Gasteiger partial charge in [-0.2, -0.15) is 0 Å². The van der Waals surface area contributed by atoms with Gasteiger partial charge >= 0.3 is 11.9 Å². The number of esters is 1. The number of nitrogens with zero attached hydrogens (tertiary/aromatic N) is 1. The van der Waals surface area contributed by atoms with E-state index in [0.29, 0.717) is 28.8 Å². The normalized spacial score (nSPS) is 15.2. The van der Waals surface area contributed by atoms with Crippen LogP contribution in [0.5, 0.6) is 0 Å². The molecule has 10 heteroatoms. The van der Waals surface area contributed by atoms with Crippen molar-refractivity contribution < 1.29 is 33.4 Å². The van der Waals surface area contributed by atoms with E-state index in [-0.39, 0.29) is 28.0 Å². The van der Waals surface area contributed by atoms with E-state index < -0.39 is 29.6 Å². The van der Waals surface area contributed by atoms with Crippen molar-refractivity contribution in [1.29, 1.82) is 0 Å². The Hall–Kier alpha value is -3.04. The maximum absolute atomic E-state index is 12.5. The number of carboxylic acids is 1. The number of hydrogen-bond donors (Lipinski definition) is 1. The molecular weight excluding hydrogens is 446 g/mol. The SMILES string of the molecule is CC(C)COC(=O)CN1C(=O)S/C(=C\c2ccc(-c3ccc(C(=O)O)c(Cl)c3)o2)C1=O. The summed E-state index contributed by atoms with van der Waals surface area (Å²) in [5.74, 6) is -1.55. The molecule has 1 saturated heterocycles. The maximum Gasteiger partial charge on any atom is 0.337 e. The lowest BCUT2D eigenvalue weighted by atomic mass is 10.1. The second kappa shape index (κ2) is 9.40. The van der Waals surface area contributed by atoms with Crippen LogP contribution < -0.4 is 0 Å². The average Bonchev–Trinajstić information content (AvgIpc) is 3.26. The van der Waals surface area contributed by atoms with E-state index in [1.165, 1.54) is 18.2 Å². The molecule has 31 heavy (non-hydrogen) atoms. The highest BCUT2D eigenvalue weighted by molar-refractivity contribution is 8.18. The summed E-state index contributed by atoms with van der Waals surface area (Å²) >= 11 is 6.69. The Labute approximate surface area is 186 Å². The van der Waals surface area contributed by atoms with Gasteiger partial charge in [-0.1, -0.05) is 31.5 Å². The van der Waals surface area contributed by atoms with Crippen molar-refractivity contribution in [2.75, 3.05) is 13.2 Å². The zero-order valence-corrected chi connectivity index (χ0v) is 18.2. The van der Waals surface area contributed by atoms with Gasteiger partial charge in [-0.15, -0.1) is 0 Å². The van der Waals surface area contributed by atoms with Gasteiger partial charge in [0.15, 0.2) is 0 Å². The second-order valence-electron chi connectivity index (χ2n) is 7.05. The standard InChI is InChI=1S/C21H18ClNO7S/c1-11(2)10-29-18(24)9-23-19(25)17(31-21(23)28)8-13-4-6-16(30-13)12-3-5-14(20(26)27)15(22)7-12/h3-8,11H,9-10H2,1-2H3,(H,26,27)/b17-8-.